The van der Waals surface area contributed by atoms with E-state index in [1.807, 2.05) is 38.1 Å². The molecule has 90 valence electrons. The van der Waals surface area contributed by atoms with E-state index in [0.717, 1.165) is 12.0 Å². The van der Waals surface area contributed by atoms with Gasteiger partial charge in [-0.15, -0.1) is 0 Å². The van der Waals surface area contributed by atoms with E-state index >= 15 is 0 Å². The lowest BCUT2D eigenvalue weighted by Gasteiger charge is -2.36. The molecule has 0 saturated heterocycles. The Kier molecular flexibility index (Phi) is 4.47. The highest BCUT2D eigenvalue weighted by Crippen LogP contribution is 2.30. The van der Waals surface area contributed by atoms with Crippen molar-refractivity contribution in [2.75, 3.05) is 14.2 Å². The van der Waals surface area contributed by atoms with Gasteiger partial charge in [-0.1, -0.05) is 36.8 Å². The molecule has 2 N–H and O–H groups in total. The van der Waals surface area contributed by atoms with E-state index in [4.69, 9.17) is 15.2 Å². The Hall–Kier alpha value is -0.900. The Morgan fingerprint density at radius 1 is 1.19 bits per heavy atom. The van der Waals surface area contributed by atoms with Crippen molar-refractivity contribution < 1.29 is 9.47 Å². The van der Waals surface area contributed by atoms with Crippen molar-refractivity contribution in [1.82, 2.24) is 0 Å². The molecule has 3 heteroatoms. The van der Waals surface area contributed by atoms with Crippen molar-refractivity contribution in [3.63, 3.8) is 0 Å². The van der Waals surface area contributed by atoms with Crippen LogP contribution in [0.4, 0.5) is 0 Å². The molecule has 0 spiro atoms. The molecule has 16 heavy (non-hydrogen) atoms. The topological polar surface area (TPSA) is 44.5 Å². The summed E-state index contributed by atoms with van der Waals surface area (Å²) in [5.74, 6) is -0.845. The van der Waals surface area contributed by atoms with Gasteiger partial charge in [0.2, 0.25) is 5.79 Å². The summed E-state index contributed by atoms with van der Waals surface area (Å²) in [5, 5.41) is 0. The van der Waals surface area contributed by atoms with Gasteiger partial charge in [0.15, 0.2) is 0 Å². The fourth-order valence-corrected chi connectivity index (χ4v) is 1.89. The second-order valence-corrected chi connectivity index (χ2v) is 3.96. The maximum atomic E-state index is 6.09. The number of rotatable bonds is 5. The number of hydrogen-bond donors (Lipinski definition) is 1. The van der Waals surface area contributed by atoms with E-state index in [1.165, 1.54) is 5.56 Å². The number of benzene rings is 1. The third-order valence-electron chi connectivity index (χ3n) is 2.99. The van der Waals surface area contributed by atoms with Gasteiger partial charge in [0.1, 0.15) is 0 Å². The standard InChI is InChI=1S/C13H21NO2/c1-5-12(14)13(15-3,16-4)11-8-6-10(2)7-9-11/h6-9,12H,5,14H2,1-4H3. The maximum Gasteiger partial charge on any atom is 0.210 e. The van der Waals surface area contributed by atoms with E-state index in [1.54, 1.807) is 14.2 Å². The highest BCUT2D eigenvalue weighted by Gasteiger charge is 2.38. The zero-order valence-corrected chi connectivity index (χ0v) is 10.5. The van der Waals surface area contributed by atoms with Crippen LogP contribution in [0.25, 0.3) is 0 Å². The molecule has 0 bridgehead atoms. The molecule has 0 aliphatic carbocycles. The van der Waals surface area contributed by atoms with Crippen molar-refractivity contribution in [2.24, 2.45) is 5.73 Å². The first-order valence-electron chi connectivity index (χ1n) is 5.53. The predicted molar refractivity (Wildman–Crippen MR) is 65.1 cm³/mol. The number of hydrogen-bond acceptors (Lipinski definition) is 3. The Morgan fingerprint density at radius 3 is 2.06 bits per heavy atom. The molecule has 1 unspecified atom stereocenters. The highest BCUT2D eigenvalue weighted by atomic mass is 16.7. The zero-order chi connectivity index (χ0) is 12.2. The van der Waals surface area contributed by atoms with E-state index in [0.29, 0.717) is 0 Å². The van der Waals surface area contributed by atoms with Crippen molar-refractivity contribution in [1.29, 1.82) is 0 Å². The highest BCUT2D eigenvalue weighted by molar-refractivity contribution is 5.26. The fraction of sp³-hybridized carbons (Fsp3) is 0.538. The number of nitrogens with two attached hydrogens (primary N) is 1. The van der Waals surface area contributed by atoms with Crippen molar-refractivity contribution in [2.45, 2.75) is 32.1 Å². The molecule has 1 aromatic carbocycles. The van der Waals surface area contributed by atoms with E-state index in [2.05, 4.69) is 0 Å². The van der Waals surface area contributed by atoms with Crippen LogP contribution in [0.2, 0.25) is 0 Å². The van der Waals surface area contributed by atoms with Crippen molar-refractivity contribution in [3.8, 4) is 0 Å². The number of ether oxygens (including phenoxy) is 2. The largest absolute Gasteiger partial charge is 0.348 e. The van der Waals surface area contributed by atoms with Crippen LogP contribution in [0.15, 0.2) is 24.3 Å². The third kappa shape index (κ3) is 2.26. The summed E-state index contributed by atoms with van der Waals surface area (Å²) in [5.41, 5.74) is 8.25. The van der Waals surface area contributed by atoms with Crippen LogP contribution < -0.4 is 5.73 Å². The summed E-state index contributed by atoms with van der Waals surface area (Å²) in [7, 11) is 3.25. The third-order valence-corrected chi connectivity index (χ3v) is 2.99. The molecule has 3 nitrogen and oxygen atoms in total. The lowest BCUT2D eigenvalue weighted by atomic mass is 9.95. The smallest absolute Gasteiger partial charge is 0.210 e. The number of methoxy groups -OCH3 is 2. The summed E-state index contributed by atoms with van der Waals surface area (Å²) in [4.78, 5) is 0. The van der Waals surface area contributed by atoms with E-state index in [-0.39, 0.29) is 6.04 Å². The minimum absolute atomic E-state index is 0.190. The monoisotopic (exact) mass is 223 g/mol. The van der Waals surface area contributed by atoms with Gasteiger partial charge in [-0.3, -0.25) is 0 Å². The molecule has 0 saturated carbocycles. The molecular formula is C13H21NO2. The average Bonchev–Trinajstić information content (AvgIpc) is 2.33. The van der Waals surface area contributed by atoms with Gasteiger partial charge in [-0.05, 0) is 13.3 Å². The second-order valence-electron chi connectivity index (χ2n) is 3.96. The molecule has 1 rings (SSSR count). The molecular weight excluding hydrogens is 202 g/mol. The van der Waals surface area contributed by atoms with Gasteiger partial charge in [0, 0.05) is 19.8 Å². The molecule has 1 aromatic rings. The van der Waals surface area contributed by atoms with E-state index < -0.39 is 5.79 Å². The van der Waals surface area contributed by atoms with Crippen LogP contribution in [-0.2, 0) is 15.3 Å². The summed E-state index contributed by atoms with van der Waals surface area (Å²) < 4.78 is 11.0. The normalized spacial score (nSPS) is 13.8. The molecule has 0 heterocycles. The van der Waals surface area contributed by atoms with Crippen LogP contribution in [-0.4, -0.2) is 20.3 Å². The Morgan fingerprint density at radius 2 is 1.69 bits per heavy atom. The first kappa shape index (κ1) is 13.2. The zero-order valence-electron chi connectivity index (χ0n) is 10.5. The minimum Gasteiger partial charge on any atom is -0.348 e. The van der Waals surface area contributed by atoms with E-state index in [9.17, 15) is 0 Å². The Labute approximate surface area is 97.6 Å². The summed E-state index contributed by atoms with van der Waals surface area (Å²) in [6.07, 6.45) is 0.787. The summed E-state index contributed by atoms with van der Waals surface area (Å²) in [6.45, 7) is 4.07. The van der Waals surface area contributed by atoms with Gasteiger partial charge in [0.25, 0.3) is 0 Å². The molecule has 0 amide bonds. The van der Waals surface area contributed by atoms with Crippen LogP contribution >= 0.6 is 0 Å². The van der Waals surface area contributed by atoms with Crippen LogP contribution in [0, 0.1) is 6.92 Å². The van der Waals surface area contributed by atoms with Crippen LogP contribution in [0.3, 0.4) is 0 Å². The lowest BCUT2D eigenvalue weighted by Crippen LogP contribution is -2.48. The first-order valence-corrected chi connectivity index (χ1v) is 5.53. The number of aryl methyl sites for hydroxylation is 1. The van der Waals surface area contributed by atoms with Crippen LogP contribution in [0.1, 0.15) is 24.5 Å². The lowest BCUT2D eigenvalue weighted by molar-refractivity contribution is -0.229. The minimum atomic E-state index is -0.845. The molecule has 0 aliphatic heterocycles. The predicted octanol–water partition coefficient (Wildman–Crippen LogP) is 2.18. The van der Waals surface area contributed by atoms with Gasteiger partial charge in [0.05, 0.1) is 6.04 Å². The van der Waals surface area contributed by atoms with Crippen molar-refractivity contribution in [3.05, 3.63) is 35.4 Å². The quantitative estimate of drug-likeness (QED) is 0.778. The van der Waals surface area contributed by atoms with Gasteiger partial charge < -0.3 is 15.2 Å². The summed E-state index contributed by atoms with van der Waals surface area (Å²) >= 11 is 0. The maximum absolute atomic E-state index is 6.09. The Balaban J connectivity index is 3.14. The SMILES string of the molecule is CCC(N)C(OC)(OC)c1ccc(C)cc1. The van der Waals surface area contributed by atoms with Gasteiger partial charge in [-0.25, -0.2) is 0 Å². The van der Waals surface area contributed by atoms with Gasteiger partial charge in [-0.2, -0.15) is 0 Å². The molecule has 0 radical (unpaired) electrons. The average molecular weight is 223 g/mol. The molecule has 0 fully saturated rings. The molecule has 0 aliphatic rings. The molecule has 0 aromatic heterocycles. The Bertz CT molecular complexity index is 317. The fourth-order valence-electron chi connectivity index (χ4n) is 1.89. The van der Waals surface area contributed by atoms with Crippen molar-refractivity contribution >= 4 is 0 Å². The molecule has 1 atom stereocenters. The first-order chi connectivity index (χ1) is 7.60. The van der Waals surface area contributed by atoms with Crippen LogP contribution in [0.5, 0.6) is 0 Å². The second kappa shape index (κ2) is 5.43. The van der Waals surface area contributed by atoms with Gasteiger partial charge >= 0.3 is 0 Å². The summed E-state index contributed by atoms with van der Waals surface area (Å²) in [6, 6.07) is 7.87.